The van der Waals surface area contributed by atoms with Crippen LogP contribution in [-0.4, -0.2) is 79.4 Å². The van der Waals surface area contributed by atoms with E-state index in [0.29, 0.717) is 61.2 Å². The minimum absolute atomic E-state index is 0. The van der Waals surface area contributed by atoms with Gasteiger partial charge < -0.3 is 50.5 Å². The molecule has 0 bridgehead atoms. The van der Waals surface area contributed by atoms with Crippen LogP contribution in [0.2, 0.25) is 0 Å². The van der Waals surface area contributed by atoms with Crippen LogP contribution in [0, 0.1) is 93.5 Å². The van der Waals surface area contributed by atoms with Crippen molar-refractivity contribution < 1.29 is 150 Å². The molecule has 0 spiro atoms. The number of hydrogen-bond acceptors (Lipinski definition) is 15. The van der Waals surface area contributed by atoms with Gasteiger partial charge in [-0.1, -0.05) is 257 Å². The van der Waals surface area contributed by atoms with Gasteiger partial charge in [-0.05, 0) is 178 Å². The number of ketones is 5. The zero-order valence-corrected chi connectivity index (χ0v) is 98.7. The van der Waals surface area contributed by atoms with Crippen molar-refractivity contribution in [2.75, 3.05) is 0 Å². The van der Waals surface area contributed by atoms with E-state index in [9.17, 15) is 34.2 Å². The maximum absolute atomic E-state index is 11.2. The van der Waals surface area contributed by atoms with Crippen LogP contribution in [0.1, 0.15) is 184 Å². The molecule has 0 aliphatic carbocycles. The molecule has 0 saturated heterocycles. The Morgan fingerprint density at radius 1 is 0.278 bits per heavy atom. The number of benzene rings is 10. The standard InChI is InChI=1S/2C19H18N.C17H14N.2C16H12N.2C11H20O2.3C5H8O2.5Ir/c2*1-14(2)13-15-7-9-17(10-8-15)19-18-6-4-3-5-16(18)11-12-20-19;1-12-9-13(2)11-15(10-12)17-16-6-4-3-5-14(16)7-8-18-17;2*1-12-6-8-14(9-7-12)16-15-5-3-2-4-13(15)10-11-17-16;2*1-8(2)5-10(12)7-11(13)6-9(3)4;3*1-4(6)3-5(2)7;;;;;/h2*3-9,11-12,14H,13H2,1-2H3;3-10H,1-2H3;2*2-8,10-11H,1H3;2*7-9,12H,5-6H2,1-4H3;3*3,6H,1-2H3;;;;;/q5*-1;;;;;;;;;;. The molecule has 0 amide bonds. The second kappa shape index (κ2) is 69.5. The summed E-state index contributed by atoms with van der Waals surface area (Å²) < 4.78 is 0. The molecule has 5 radical (unpaired) electrons. The van der Waals surface area contributed by atoms with E-state index in [1.54, 1.807) is 0 Å². The van der Waals surface area contributed by atoms with E-state index in [1.165, 1.54) is 154 Å². The predicted octanol–water partition coefficient (Wildman–Crippen LogP) is 31.4. The Bertz CT molecular complexity index is 6210. The smallest absolute Gasteiger partial charge is 0.159 e. The van der Waals surface area contributed by atoms with E-state index in [4.69, 9.17) is 15.3 Å². The molecule has 15 rings (SSSR count). The fourth-order valence-corrected chi connectivity index (χ4v) is 14.5. The van der Waals surface area contributed by atoms with Gasteiger partial charge in [-0.15, -0.1) is 176 Å². The number of nitrogens with zero attached hydrogens (tertiary/aromatic N) is 5. The summed E-state index contributed by atoms with van der Waals surface area (Å²) in [5.74, 6) is 3.11. The zero-order chi connectivity index (χ0) is 102. The number of hydrogen-bond donors (Lipinski definition) is 5. The van der Waals surface area contributed by atoms with Gasteiger partial charge in [0.05, 0.1) is 28.8 Å². The van der Waals surface area contributed by atoms with Crippen molar-refractivity contribution >= 4 is 82.8 Å². The van der Waals surface area contributed by atoms with Gasteiger partial charge in [0.15, 0.2) is 28.9 Å². The number of aryl methyl sites for hydroxylation is 4. The third-order valence-electron chi connectivity index (χ3n) is 20.1. The Morgan fingerprint density at radius 2 is 0.521 bits per heavy atom. The zero-order valence-electron chi connectivity index (χ0n) is 86.7. The number of allylic oxidation sites excluding steroid dienone is 10. The number of fused-ring (bicyclic) bond motifs is 5. The average Bonchev–Trinajstić information content (AvgIpc) is 0.794. The van der Waals surface area contributed by atoms with Crippen molar-refractivity contribution in [1.82, 2.24) is 24.9 Å². The number of pyridine rings is 5. The Morgan fingerprint density at radius 3 is 0.722 bits per heavy atom. The summed E-state index contributed by atoms with van der Waals surface area (Å²) in [5, 5.41) is 55.8. The summed E-state index contributed by atoms with van der Waals surface area (Å²) in [6.45, 7) is 41.8. The van der Waals surface area contributed by atoms with Gasteiger partial charge in [0.1, 0.15) is 0 Å². The molecule has 0 aliphatic rings. The number of aromatic nitrogens is 5. The molecule has 0 atom stereocenters. The van der Waals surface area contributed by atoms with Gasteiger partial charge in [0, 0.05) is 188 Å². The van der Waals surface area contributed by atoms with Crippen molar-refractivity contribution in [2.45, 2.75) is 191 Å². The summed E-state index contributed by atoms with van der Waals surface area (Å²) in [6, 6.07) is 98.0. The Labute approximate surface area is 922 Å². The van der Waals surface area contributed by atoms with Crippen LogP contribution >= 0.6 is 0 Å². The first-order valence-corrected chi connectivity index (χ1v) is 47.3. The first-order chi connectivity index (χ1) is 66.1. The van der Waals surface area contributed by atoms with Gasteiger partial charge in [0.25, 0.3) is 0 Å². The van der Waals surface area contributed by atoms with Gasteiger partial charge in [-0.2, -0.15) is 0 Å². The first kappa shape index (κ1) is 131. The second-order valence-electron chi connectivity index (χ2n) is 36.9. The van der Waals surface area contributed by atoms with Crippen molar-refractivity contribution in [3.63, 3.8) is 0 Å². The van der Waals surface area contributed by atoms with Gasteiger partial charge in [0.2, 0.25) is 0 Å². The molecule has 5 heterocycles. The SMILES string of the molecule is CC(=O)C=C(C)O.CC(=O)C=C(C)O.CC(=O)C=C(C)O.CC(C)CC(=O)C=C(O)CC(C)C.CC(C)CC(=O)C=C(O)CC(C)C.CC(C)Cc1c[c-]c(-c2nccc3ccccc23)cc1.CC(C)Cc1c[c-]c(-c2nccc3ccccc23)cc1.Cc1[c-]c(-c2nccc3ccccc23)cc(C)c1.Cc1c[c-]c(-c2nccc3ccccc23)cc1.Cc1c[c-]c(-c2nccc3ccccc23)cc1.[Ir].[Ir].[Ir].[Ir].[Ir]. The monoisotopic (exact) mass is 2820 g/mol. The number of carbonyl (C=O) groups excluding carboxylic acids is 5. The third kappa shape index (κ3) is 49.9. The fraction of sp³-hybridized carbons (Fsp3) is 0.274. The maximum Gasteiger partial charge on any atom is 0.159 e. The molecule has 0 aliphatic heterocycles. The summed E-state index contributed by atoms with van der Waals surface area (Å²) in [6.07, 6.45) is 19.9. The number of rotatable bonds is 22. The predicted molar refractivity (Wildman–Crippen MR) is 577 cm³/mol. The summed E-state index contributed by atoms with van der Waals surface area (Å²) in [7, 11) is 0. The van der Waals surface area contributed by atoms with E-state index in [2.05, 4.69) is 280 Å². The number of aliphatic hydroxyl groups is 5. The van der Waals surface area contributed by atoms with E-state index >= 15 is 0 Å². The molecule has 15 aromatic rings. The fourth-order valence-electron chi connectivity index (χ4n) is 14.5. The van der Waals surface area contributed by atoms with Crippen LogP contribution in [0.15, 0.2) is 327 Å². The van der Waals surface area contributed by atoms with Gasteiger partial charge in [-0.25, -0.2) is 0 Å². The van der Waals surface area contributed by atoms with Crippen molar-refractivity contribution in [3.05, 3.63) is 390 Å². The average molecular weight is 2820 g/mol. The molecule has 144 heavy (non-hydrogen) atoms. The molecule has 0 fully saturated rings. The van der Waals surface area contributed by atoms with E-state index in [0.717, 1.165) is 74.7 Å². The topological polar surface area (TPSA) is 251 Å². The maximum atomic E-state index is 11.2. The Hall–Kier alpha value is -11.5. The Kier molecular flexibility index (Phi) is 63.1. The van der Waals surface area contributed by atoms with Gasteiger partial charge in [-0.3, -0.25) is 24.0 Å². The molecule has 10 aromatic carbocycles. The van der Waals surface area contributed by atoms with Crippen LogP contribution in [0.4, 0.5) is 0 Å². The van der Waals surface area contributed by atoms with Crippen molar-refractivity contribution in [3.8, 4) is 56.3 Å². The minimum Gasteiger partial charge on any atom is -0.512 e. The summed E-state index contributed by atoms with van der Waals surface area (Å²) in [5.41, 5.74) is 17.9. The normalized spacial score (nSPS) is 10.9. The summed E-state index contributed by atoms with van der Waals surface area (Å²) >= 11 is 0. The molecule has 5 N–H and O–H groups in total. The quantitative estimate of drug-likeness (QED) is 0.0240. The van der Waals surface area contributed by atoms with Crippen LogP contribution in [-0.2, 0) is 137 Å². The number of carbonyl (C=O) groups is 5. The first-order valence-electron chi connectivity index (χ1n) is 47.3. The van der Waals surface area contributed by atoms with E-state index < -0.39 is 0 Å². The van der Waals surface area contributed by atoms with Crippen LogP contribution < -0.4 is 0 Å². The molecular weight excluding hydrogens is 2680 g/mol. The third-order valence-corrected chi connectivity index (χ3v) is 20.1. The molecule has 5 aromatic heterocycles. The largest absolute Gasteiger partial charge is 0.512 e. The number of aliphatic hydroxyl groups excluding tert-OH is 5. The molecule has 769 valence electrons. The van der Waals surface area contributed by atoms with Crippen LogP contribution in [0.5, 0.6) is 0 Å². The molecule has 0 unspecified atom stereocenters. The molecule has 20 heteroatoms. The van der Waals surface area contributed by atoms with Crippen LogP contribution in [0.3, 0.4) is 0 Å². The Balaban J connectivity index is 0.000000812. The minimum atomic E-state index is -0.125. The van der Waals surface area contributed by atoms with E-state index in [1.807, 2.05) is 153 Å². The molecule has 15 nitrogen and oxygen atoms in total. The van der Waals surface area contributed by atoms with E-state index in [-0.39, 0.29) is 158 Å². The van der Waals surface area contributed by atoms with Crippen LogP contribution in [0.25, 0.3) is 110 Å². The van der Waals surface area contributed by atoms with Crippen molar-refractivity contribution in [1.29, 1.82) is 0 Å². The second-order valence-corrected chi connectivity index (χ2v) is 36.9. The molecule has 0 saturated carbocycles. The molecular formula is C124H138Ir5N5O10-5. The summed E-state index contributed by atoms with van der Waals surface area (Å²) in [4.78, 5) is 75.0. The van der Waals surface area contributed by atoms with Gasteiger partial charge >= 0.3 is 0 Å². The van der Waals surface area contributed by atoms with Crippen molar-refractivity contribution in [2.24, 2.45) is 35.5 Å².